The van der Waals surface area contributed by atoms with Crippen molar-refractivity contribution in [2.45, 2.75) is 38.2 Å². The fourth-order valence-electron chi connectivity index (χ4n) is 2.53. The van der Waals surface area contributed by atoms with Gasteiger partial charge in [0.15, 0.2) is 0 Å². The zero-order chi connectivity index (χ0) is 10.9. The van der Waals surface area contributed by atoms with Gasteiger partial charge >= 0.3 is 0 Å². The molecule has 0 aliphatic heterocycles. The lowest BCUT2D eigenvalue weighted by molar-refractivity contribution is -0.00357. The van der Waals surface area contributed by atoms with E-state index in [0.717, 1.165) is 12.8 Å². The first kappa shape index (κ1) is 10.6. The van der Waals surface area contributed by atoms with Gasteiger partial charge in [0.1, 0.15) is 5.82 Å². The Morgan fingerprint density at radius 2 is 2.00 bits per heavy atom. The van der Waals surface area contributed by atoms with Crippen LogP contribution >= 0.6 is 0 Å². The van der Waals surface area contributed by atoms with Crippen molar-refractivity contribution in [1.82, 2.24) is 0 Å². The fraction of sp³-hybridized carbons (Fsp3) is 0.538. The SMILES string of the molecule is C[C@@](O)(c1cccc(F)c1)C1CCCC1. The van der Waals surface area contributed by atoms with Crippen LogP contribution in [0, 0.1) is 11.7 Å². The molecule has 0 spiro atoms. The van der Waals surface area contributed by atoms with Crippen LogP contribution in [0.15, 0.2) is 24.3 Å². The van der Waals surface area contributed by atoms with E-state index in [2.05, 4.69) is 0 Å². The van der Waals surface area contributed by atoms with Crippen LogP contribution in [0.5, 0.6) is 0 Å². The summed E-state index contributed by atoms with van der Waals surface area (Å²) in [6.45, 7) is 1.80. The molecule has 1 atom stereocenters. The first-order chi connectivity index (χ1) is 7.10. The summed E-state index contributed by atoms with van der Waals surface area (Å²) in [7, 11) is 0. The van der Waals surface area contributed by atoms with E-state index in [-0.39, 0.29) is 11.7 Å². The first-order valence-corrected chi connectivity index (χ1v) is 5.59. The van der Waals surface area contributed by atoms with E-state index >= 15 is 0 Å². The molecule has 1 aromatic rings. The molecule has 0 aromatic heterocycles. The highest BCUT2D eigenvalue weighted by molar-refractivity contribution is 5.23. The van der Waals surface area contributed by atoms with Gasteiger partial charge in [0.2, 0.25) is 0 Å². The lowest BCUT2D eigenvalue weighted by Gasteiger charge is -2.30. The molecule has 2 rings (SSSR count). The van der Waals surface area contributed by atoms with Gasteiger partial charge in [-0.2, -0.15) is 0 Å². The van der Waals surface area contributed by atoms with Crippen molar-refractivity contribution in [2.24, 2.45) is 5.92 Å². The lowest BCUT2D eigenvalue weighted by atomic mass is 9.82. The van der Waals surface area contributed by atoms with Gasteiger partial charge in [-0.3, -0.25) is 0 Å². The van der Waals surface area contributed by atoms with Crippen molar-refractivity contribution in [1.29, 1.82) is 0 Å². The molecule has 1 aliphatic carbocycles. The van der Waals surface area contributed by atoms with E-state index in [1.165, 1.54) is 25.0 Å². The number of aliphatic hydroxyl groups is 1. The highest BCUT2D eigenvalue weighted by Crippen LogP contribution is 2.40. The third-order valence-electron chi connectivity index (χ3n) is 3.56. The van der Waals surface area contributed by atoms with E-state index in [1.807, 2.05) is 0 Å². The Morgan fingerprint density at radius 1 is 1.33 bits per heavy atom. The zero-order valence-electron chi connectivity index (χ0n) is 9.04. The molecule has 2 heteroatoms. The van der Waals surface area contributed by atoms with Gasteiger partial charge in [-0.15, -0.1) is 0 Å². The topological polar surface area (TPSA) is 20.2 Å². The van der Waals surface area contributed by atoms with Crippen LogP contribution in [0.1, 0.15) is 38.2 Å². The average molecular weight is 208 g/mol. The summed E-state index contributed by atoms with van der Waals surface area (Å²) in [5.74, 6) is 0.00470. The molecule has 1 fully saturated rings. The largest absolute Gasteiger partial charge is 0.385 e. The van der Waals surface area contributed by atoms with Crippen molar-refractivity contribution in [2.75, 3.05) is 0 Å². The number of rotatable bonds is 2. The summed E-state index contributed by atoms with van der Waals surface area (Å²) >= 11 is 0. The Hall–Kier alpha value is -0.890. The minimum atomic E-state index is -0.876. The standard InChI is InChI=1S/C13H17FO/c1-13(15,10-5-2-3-6-10)11-7-4-8-12(14)9-11/h4,7-10,15H,2-3,5-6H2,1H3/t13-/m0/s1. The average Bonchev–Trinajstić information content (AvgIpc) is 2.71. The summed E-state index contributed by atoms with van der Waals surface area (Å²) in [5, 5.41) is 10.4. The summed E-state index contributed by atoms with van der Waals surface area (Å²) in [4.78, 5) is 0. The van der Waals surface area contributed by atoms with Crippen LogP contribution in [0.2, 0.25) is 0 Å². The van der Waals surface area contributed by atoms with E-state index in [4.69, 9.17) is 0 Å². The predicted octanol–water partition coefficient (Wildman–Crippen LogP) is 3.22. The zero-order valence-corrected chi connectivity index (χ0v) is 9.04. The molecule has 1 aliphatic rings. The molecule has 0 bridgehead atoms. The molecule has 0 unspecified atom stereocenters. The van der Waals surface area contributed by atoms with E-state index < -0.39 is 5.60 Å². The molecule has 1 saturated carbocycles. The molecular formula is C13H17FO. The molecule has 0 saturated heterocycles. The van der Waals surface area contributed by atoms with Gasteiger partial charge < -0.3 is 5.11 Å². The number of hydrogen-bond donors (Lipinski definition) is 1. The summed E-state index contributed by atoms with van der Waals surface area (Å²) < 4.78 is 13.1. The maximum Gasteiger partial charge on any atom is 0.123 e. The second kappa shape index (κ2) is 3.93. The highest BCUT2D eigenvalue weighted by atomic mass is 19.1. The second-order valence-corrected chi connectivity index (χ2v) is 4.64. The molecule has 1 aromatic carbocycles. The smallest absolute Gasteiger partial charge is 0.123 e. The second-order valence-electron chi connectivity index (χ2n) is 4.64. The van der Waals surface area contributed by atoms with Crippen molar-refractivity contribution in [3.63, 3.8) is 0 Å². The number of hydrogen-bond acceptors (Lipinski definition) is 1. The number of benzene rings is 1. The van der Waals surface area contributed by atoms with Crippen molar-refractivity contribution < 1.29 is 9.50 Å². The van der Waals surface area contributed by atoms with E-state index in [1.54, 1.807) is 19.1 Å². The van der Waals surface area contributed by atoms with Crippen LogP contribution in [0.3, 0.4) is 0 Å². The van der Waals surface area contributed by atoms with Gasteiger partial charge in [-0.1, -0.05) is 25.0 Å². The maximum absolute atomic E-state index is 13.1. The summed E-state index contributed by atoms with van der Waals surface area (Å²) in [6, 6.07) is 6.32. The molecule has 0 heterocycles. The Morgan fingerprint density at radius 3 is 2.60 bits per heavy atom. The van der Waals surface area contributed by atoms with Crippen LogP contribution < -0.4 is 0 Å². The van der Waals surface area contributed by atoms with Gasteiger partial charge in [0.05, 0.1) is 5.60 Å². The molecule has 0 amide bonds. The summed E-state index contributed by atoms with van der Waals surface area (Å²) in [6.07, 6.45) is 4.44. The highest BCUT2D eigenvalue weighted by Gasteiger charge is 2.35. The minimum Gasteiger partial charge on any atom is -0.385 e. The molecule has 1 nitrogen and oxygen atoms in total. The molecule has 1 N–H and O–H groups in total. The maximum atomic E-state index is 13.1. The number of halogens is 1. The Bertz CT molecular complexity index is 340. The third-order valence-corrected chi connectivity index (χ3v) is 3.56. The predicted molar refractivity (Wildman–Crippen MR) is 57.9 cm³/mol. The first-order valence-electron chi connectivity index (χ1n) is 5.59. The van der Waals surface area contributed by atoms with Crippen LogP contribution in [0.4, 0.5) is 4.39 Å². The van der Waals surface area contributed by atoms with Gasteiger partial charge in [0, 0.05) is 0 Å². The normalized spacial score (nSPS) is 21.5. The van der Waals surface area contributed by atoms with Crippen molar-refractivity contribution in [3.8, 4) is 0 Å². The Kier molecular flexibility index (Phi) is 2.79. The molecule has 15 heavy (non-hydrogen) atoms. The van der Waals surface area contributed by atoms with Crippen LogP contribution in [-0.2, 0) is 5.60 Å². The third kappa shape index (κ3) is 2.05. The molecular weight excluding hydrogens is 191 g/mol. The monoisotopic (exact) mass is 208 g/mol. The van der Waals surface area contributed by atoms with Crippen LogP contribution in [0.25, 0.3) is 0 Å². The van der Waals surface area contributed by atoms with E-state index in [9.17, 15) is 9.50 Å². The van der Waals surface area contributed by atoms with Crippen molar-refractivity contribution in [3.05, 3.63) is 35.6 Å². The molecule has 0 radical (unpaired) electrons. The van der Waals surface area contributed by atoms with Crippen LogP contribution in [-0.4, -0.2) is 5.11 Å². The minimum absolute atomic E-state index is 0.272. The Labute approximate surface area is 89.9 Å². The van der Waals surface area contributed by atoms with Crippen molar-refractivity contribution >= 4 is 0 Å². The summed E-state index contributed by atoms with van der Waals surface area (Å²) in [5.41, 5.74) is -0.173. The van der Waals surface area contributed by atoms with E-state index in [0.29, 0.717) is 5.56 Å². The van der Waals surface area contributed by atoms with Gasteiger partial charge in [-0.05, 0) is 43.4 Å². The van der Waals surface area contributed by atoms with Gasteiger partial charge in [0.25, 0.3) is 0 Å². The quantitative estimate of drug-likeness (QED) is 0.791. The Balaban J connectivity index is 2.27. The van der Waals surface area contributed by atoms with Gasteiger partial charge in [-0.25, -0.2) is 4.39 Å². The fourth-order valence-corrected chi connectivity index (χ4v) is 2.53. The lowest BCUT2D eigenvalue weighted by Crippen LogP contribution is -2.30. The molecule has 82 valence electrons.